The third kappa shape index (κ3) is 3.13. The number of hydrogen-bond donors (Lipinski definition) is 1. The second kappa shape index (κ2) is 6.11. The fourth-order valence-electron chi connectivity index (χ4n) is 3.09. The molecule has 0 saturated heterocycles. The number of rotatable bonds is 5. The Bertz CT molecular complexity index is 549. The fraction of sp³-hybridized carbons (Fsp3) is 0.333. The van der Waals surface area contributed by atoms with Gasteiger partial charge in [-0.25, -0.2) is 0 Å². The molecule has 0 bridgehead atoms. The molecule has 0 amide bonds. The van der Waals surface area contributed by atoms with Crippen LogP contribution in [0.3, 0.4) is 0 Å². The first-order chi connectivity index (χ1) is 9.78. The van der Waals surface area contributed by atoms with E-state index in [1.807, 2.05) is 0 Å². The van der Waals surface area contributed by atoms with Gasteiger partial charge in [0.25, 0.3) is 0 Å². The van der Waals surface area contributed by atoms with E-state index < -0.39 is 0 Å². The maximum absolute atomic E-state index is 9.71. The highest BCUT2D eigenvalue weighted by Gasteiger charge is 2.43. The standard InChI is InChI=1S/C18H19BrO/c19-16-8-6-13(7-9-16)10-15(12-20)18-11-17(18)14-4-2-1-3-5-14/h1-9,15,17-18,20H,10-12H2. The van der Waals surface area contributed by atoms with Gasteiger partial charge in [0.15, 0.2) is 0 Å². The number of aliphatic hydroxyl groups excluding tert-OH is 1. The summed E-state index contributed by atoms with van der Waals surface area (Å²) in [7, 11) is 0. The van der Waals surface area contributed by atoms with Gasteiger partial charge in [0.05, 0.1) is 0 Å². The molecule has 1 aliphatic rings. The molecule has 3 atom stereocenters. The van der Waals surface area contributed by atoms with Crippen molar-refractivity contribution in [2.75, 3.05) is 6.61 Å². The third-order valence-electron chi connectivity index (χ3n) is 4.32. The van der Waals surface area contributed by atoms with Gasteiger partial charge in [0.2, 0.25) is 0 Å². The first kappa shape index (κ1) is 13.8. The molecule has 0 heterocycles. The topological polar surface area (TPSA) is 20.2 Å². The van der Waals surface area contributed by atoms with Crippen molar-refractivity contribution in [1.29, 1.82) is 0 Å². The van der Waals surface area contributed by atoms with Crippen molar-refractivity contribution in [1.82, 2.24) is 0 Å². The monoisotopic (exact) mass is 330 g/mol. The molecule has 0 aromatic heterocycles. The molecule has 1 saturated carbocycles. The molecule has 104 valence electrons. The van der Waals surface area contributed by atoms with E-state index >= 15 is 0 Å². The fourth-order valence-corrected chi connectivity index (χ4v) is 3.36. The lowest BCUT2D eigenvalue weighted by molar-refractivity contribution is 0.207. The average molecular weight is 331 g/mol. The molecule has 0 radical (unpaired) electrons. The first-order valence-electron chi connectivity index (χ1n) is 7.18. The van der Waals surface area contributed by atoms with Crippen molar-refractivity contribution < 1.29 is 5.11 Å². The van der Waals surface area contributed by atoms with E-state index in [-0.39, 0.29) is 6.61 Å². The van der Waals surface area contributed by atoms with Crippen LogP contribution in [0.15, 0.2) is 59.1 Å². The summed E-state index contributed by atoms with van der Waals surface area (Å²) in [5.74, 6) is 1.65. The summed E-state index contributed by atoms with van der Waals surface area (Å²) in [4.78, 5) is 0. The van der Waals surface area contributed by atoms with E-state index in [4.69, 9.17) is 0 Å². The van der Waals surface area contributed by atoms with Crippen LogP contribution >= 0.6 is 15.9 Å². The van der Waals surface area contributed by atoms with E-state index in [1.165, 1.54) is 17.5 Å². The Balaban J connectivity index is 1.65. The van der Waals surface area contributed by atoms with E-state index in [0.29, 0.717) is 17.8 Å². The molecule has 0 spiro atoms. The Morgan fingerprint density at radius 2 is 1.75 bits per heavy atom. The minimum Gasteiger partial charge on any atom is -0.396 e. The van der Waals surface area contributed by atoms with Gasteiger partial charge in [0, 0.05) is 11.1 Å². The summed E-state index contributed by atoms with van der Waals surface area (Å²) in [5, 5.41) is 9.71. The zero-order valence-electron chi connectivity index (χ0n) is 11.4. The van der Waals surface area contributed by atoms with Gasteiger partial charge in [0.1, 0.15) is 0 Å². The predicted molar refractivity (Wildman–Crippen MR) is 85.7 cm³/mol. The van der Waals surface area contributed by atoms with Crippen LogP contribution in [0, 0.1) is 11.8 Å². The van der Waals surface area contributed by atoms with Crippen LogP contribution in [0.1, 0.15) is 23.5 Å². The van der Waals surface area contributed by atoms with Crippen molar-refractivity contribution >= 4 is 15.9 Å². The second-order valence-corrected chi connectivity index (χ2v) is 6.61. The van der Waals surface area contributed by atoms with Crippen molar-refractivity contribution in [3.05, 3.63) is 70.2 Å². The summed E-state index contributed by atoms with van der Waals surface area (Å²) < 4.78 is 1.11. The van der Waals surface area contributed by atoms with Crippen LogP contribution in [-0.2, 0) is 6.42 Å². The van der Waals surface area contributed by atoms with Gasteiger partial charge >= 0.3 is 0 Å². The summed E-state index contributed by atoms with van der Waals surface area (Å²) in [6, 6.07) is 19.1. The van der Waals surface area contributed by atoms with Gasteiger partial charge < -0.3 is 5.11 Å². The van der Waals surface area contributed by atoms with Crippen LogP contribution in [0.4, 0.5) is 0 Å². The molecule has 3 unspecified atom stereocenters. The Hall–Kier alpha value is -1.12. The summed E-state index contributed by atoms with van der Waals surface area (Å²) in [6.07, 6.45) is 2.18. The molecule has 1 aliphatic carbocycles. The Kier molecular flexibility index (Phi) is 4.23. The minimum atomic E-state index is 0.282. The molecule has 3 rings (SSSR count). The minimum absolute atomic E-state index is 0.282. The van der Waals surface area contributed by atoms with Crippen LogP contribution in [0.5, 0.6) is 0 Å². The lowest BCUT2D eigenvalue weighted by Crippen LogP contribution is -2.13. The molecule has 20 heavy (non-hydrogen) atoms. The van der Waals surface area contributed by atoms with E-state index in [9.17, 15) is 5.11 Å². The number of benzene rings is 2. The van der Waals surface area contributed by atoms with Gasteiger partial charge in [-0.05, 0) is 53.9 Å². The number of halogens is 1. The van der Waals surface area contributed by atoms with E-state index in [0.717, 1.165) is 10.9 Å². The Morgan fingerprint density at radius 3 is 2.40 bits per heavy atom. The Morgan fingerprint density at radius 1 is 1.05 bits per heavy atom. The van der Waals surface area contributed by atoms with Gasteiger partial charge in [-0.3, -0.25) is 0 Å². The molecule has 1 fully saturated rings. The average Bonchev–Trinajstić information content (AvgIpc) is 3.28. The first-order valence-corrected chi connectivity index (χ1v) is 7.97. The zero-order chi connectivity index (χ0) is 13.9. The normalized spacial score (nSPS) is 22.5. The molecule has 1 nitrogen and oxygen atoms in total. The molecular weight excluding hydrogens is 312 g/mol. The van der Waals surface area contributed by atoms with Crippen molar-refractivity contribution in [3.8, 4) is 0 Å². The highest BCUT2D eigenvalue weighted by Crippen LogP contribution is 2.52. The Labute approximate surface area is 128 Å². The highest BCUT2D eigenvalue weighted by molar-refractivity contribution is 9.10. The number of hydrogen-bond acceptors (Lipinski definition) is 1. The highest BCUT2D eigenvalue weighted by atomic mass is 79.9. The molecular formula is C18H19BrO. The van der Waals surface area contributed by atoms with Crippen molar-refractivity contribution in [2.24, 2.45) is 11.8 Å². The largest absolute Gasteiger partial charge is 0.396 e. The van der Waals surface area contributed by atoms with Gasteiger partial charge in [-0.2, -0.15) is 0 Å². The van der Waals surface area contributed by atoms with Crippen molar-refractivity contribution in [3.63, 3.8) is 0 Å². The number of aliphatic hydroxyl groups is 1. The maximum Gasteiger partial charge on any atom is 0.0465 e. The van der Waals surface area contributed by atoms with Crippen LogP contribution in [-0.4, -0.2) is 11.7 Å². The predicted octanol–water partition coefficient (Wildman–Crippen LogP) is 4.40. The summed E-state index contributed by atoms with van der Waals surface area (Å²) in [5.41, 5.74) is 2.73. The molecule has 2 heteroatoms. The van der Waals surface area contributed by atoms with Crippen molar-refractivity contribution in [2.45, 2.75) is 18.8 Å². The molecule has 1 N–H and O–H groups in total. The lowest BCUT2D eigenvalue weighted by Gasteiger charge is -2.14. The van der Waals surface area contributed by atoms with E-state index in [1.54, 1.807) is 0 Å². The van der Waals surface area contributed by atoms with Crippen LogP contribution < -0.4 is 0 Å². The summed E-state index contributed by atoms with van der Waals surface area (Å²) in [6.45, 7) is 0.282. The quantitative estimate of drug-likeness (QED) is 0.861. The molecule has 2 aromatic rings. The zero-order valence-corrected chi connectivity index (χ0v) is 13.0. The maximum atomic E-state index is 9.71. The third-order valence-corrected chi connectivity index (χ3v) is 4.85. The summed E-state index contributed by atoms with van der Waals surface area (Å²) >= 11 is 3.46. The van der Waals surface area contributed by atoms with Crippen LogP contribution in [0.25, 0.3) is 0 Å². The van der Waals surface area contributed by atoms with Gasteiger partial charge in [-0.15, -0.1) is 0 Å². The molecule has 0 aliphatic heterocycles. The van der Waals surface area contributed by atoms with Gasteiger partial charge in [-0.1, -0.05) is 58.4 Å². The van der Waals surface area contributed by atoms with Crippen LogP contribution in [0.2, 0.25) is 0 Å². The molecule has 2 aromatic carbocycles. The SMILES string of the molecule is OCC(Cc1ccc(Br)cc1)C1CC1c1ccccc1. The second-order valence-electron chi connectivity index (χ2n) is 5.69. The smallest absolute Gasteiger partial charge is 0.0465 e. The van der Waals surface area contributed by atoms with E-state index in [2.05, 4.69) is 70.5 Å². The lowest BCUT2D eigenvalue weighted by atomic mass is 9.93.